The van der Waals surface area contributed by atoms with Crippen molar-refractivity contribution in [3.8, 4) is 0 Å². The molecule has 0 heterocycles. The third-order valence-electron chi connectivity index (χ3n) is 1.47. The highest BCUT2D eigenvalue weighted by atomic mass is 15.3. The number of hydrogen-bond donors (Lipinski definition) is 1. The van der Waals surface area contributed by atoms with Crippen molar-refractivity contribution >= 4 is 0 Å². The molecule has 0 aliphatic heterocycles. The summed E-state index contributed by atoms with van der Waals surface area (Å²) in [6, 6.07) is 0. The normalized spacial score (nSPS) is 14.4. The lowest BCUT2D eigenvalue weighted by Gasteiger charge is -2.12. The van der Waals surface area contributed by atoms with Crippen LogP contribution in [-0.4, -0.2) is 5.54 Å². The van der Waals surface area contributed by atoms with E-state index in [0.717, 1.165) is 6.42 Å². The minimum Gasteiger partial charge on any atom is -0.305 e. The number of allylic oxidation sites excluding steroid dienone is 1. The molecular weight excluding hydrogens is 138 g/mol. The van der Waals surface area contributed by atoms with Crippen LogP contribution in [-0.2, 0) is 0 Å². The SMILES string of the molecule is CC/C(C)=C\C(C)(C)N=NN. The van der Waals surface area contributed by atoms with E-state index in [1.807, 2.05) is 13.8 Å². The molecule has 0 spiro atoms. The summed E-state index contributed by atoms with van der Waals surface area (Å²) in [5, 5.41) is 7.15. The van der Waals surface area contributed by atoms with E-state index in [0.29, 0.717) is 0 Å². The molecule has 0 radical (unpaired) electrons. The molecule has 0 aromatic heterocycles. The molecule has 0 saturated heterocycles. The molecule has 0 saturated carbocycles. The summed E-state index contributed by atoms with van der Waals surface area (Å²) in [6.07, 6.45) is 3.12. The van der Waals surface area contributed by atoms with Crippen molar-refractivity contribution in [1.82, 2.24) is 0 Å². The van der Waals surface area contributed by atoms with E-state index in [1.54, 1.807) is 0 Å². The third-order valence-corrected chi connectivity index (χ3v) is 1.47. The van der Waals surface area contributed by atoms with E-state index in [-0.39, 0.29) is 5.54 Å². The van der Waals surface area contributed by atoms with E-state index in [1.165, 1.54) is 5.57 Å². The van der Waals surface area contributed by atoms with Gasteiger partial charge in [0.1, 0.15) is 0 Å². The van der Waals surface area contributed by atoms with Gasteiger partial charge in [-0.25, -0.2) is 0 Å². The van der Waals surface area contributed by atoms with Crippen molar-refractivity contribution in [2.24, 2.45) is 16.2 Å². The third kappa shape index (κ3) is 4.53. The molecule has 3 nitrogen and oxygen atoms in total. The van der Waals surface area contributed by atoms with Crippen molar-refractivity contribution in [1.29, 1.82) is 0 Å². The summed E-state index contributed by atoms with van der Waals surface area (Å²) in [6.45, 7) is 8.14. The first-order valence-corrected chi connectivity index (χ1v) is 3.82. The molecule has 0 aliphatic rings. The number of nitrogens with zero attached hydrogens (tertiary/aromatic N) is 2. The van der Waals surface area contributed by atoms with Gasteiger partial charge in [-0.05, 0) is 27.2 Å². The lowest BCUT2D eigenvalue weighted by molar-refractivity contribution is 0.599. The Hall–Kier alpha value is -0.860. The van der Waals surface area contributed by atoms with Crippen LogP contribution >= 0.6 is 0 Å². The van der Waals surface area contributed by atoms with Crippen molar-refractivity contribution in [2.75, 3.05) is 0 Å². The topological polar surface area (TPSA) is 50.7 Å². The summed E-state index contributed by atoms with van der Waals surface area (Å²) in [4.78, 5) is 0. The summed E-state index contributed by atoms with van der Waals surface area (Å²) >= 11 is 0. The van der Waals surface area contributed by atoms with E-state index in [2.05, 4.69) is 30.3 Å². The van der Waals surface area contributed by atoms with E-state index in [9.17, 15) is 0 Å². The standard InChI is InChI=1S/C8H17N3/c1-5-7(2)6-8(3,4)10-11-9/h6H,5H2,1-4H3,(H2,9,10)/b7-6-. The predicted octanol–water partition coefficient (Wildman–Crippen LogP) is 2.45. The fourth-order valence-corrected chi connectivity index (χ4v) is 0.883. The molecule has 64 valence electrons. The quantitative estimate of drug-likeness (QED) is 0.289. The second-order valence-corrected chi connectivity index (χ2v) is 3.21. The van der Waals surface area contributed by atoms with E-state index < -0.39 is 0 Å². The fourth-order valence-electron chi connectivity index (χ4n) is 0.883. The molecule has 0 aliphatic carbocycles. The van der Waals surface area contributed by atoms with E-state index >= 15 is 0 Å². The van der Waals surface area contributed by atoms with Crippen molar-refractivity contribution in [2.45, 2.75) is 39.7 Å². The monoisotopic (exact) mass is 155 g/mol. The van der Waals surface area contributed by atoms with Gasteiger partial charge in [0.25, 0.3) is 0 Å². The van der Waals surface area contributed by atoms with Gasteiger partial charge in [0, 0.05) is 0 Å². The molecule has 0 bridgehead atoms. The van der Waals surface area contributed by atoms with Gasteiger partial charge < -0.3 is 5.84 Å². The Labute approximate surface area is 68.4 Å². The molecule has 0 amide bonds. The van der Waals surface area contributed by atoms with Crippen LogP contribution in [0.4, 0.5) is 0 Å². The van der Waals surface area contributed by atoms with Crippen LogP contribution in [0.1, 0.15) is 34.1 Å². The number of nitrogens with two attached hydrogens (primary N) is 1. The van der Waals surface area contributed by atoms with Crippen LogP contribution in [0, 0.1) is 0 Å². The highest BCUT2D eigenvalue weighted by molar-refractivity contribution is 5.08. The lowest BCUT2D eigenvalue weighted by Crippen LogP contribution is -2.12. The zero-order valence-corrected chi connectivity index (χ0v) is 7.76. The fraction of sp³-hybridized carbons (Fsp3) is 0.750. The van der Waals surface area contributed by atoms with Crippen molar-refractivity contribution < 1.29 is 0 Å². The molecule has 0 rings (SSSR count). The maximum atomic E-state index is 4.96. The van der Waals surface area contributed by atoms with E-state index in [4.69, 9.17) is 5.84 Å². The second kappa shape index (κ2) is 4.11. The van der Waals surface area contributed by atoms with Gasteiger partial charge in [-0.3, -0.25) is 0 Å². The average molecular weight is 155 g/mol. The summed E-state index contributed by atoms with van der Waals surface area (Å²) in [7, 11) is 0. The molecular formula is C8H17N3. The first-order chi connectivity index (χ1) is 5.02. The van der Waals surface area contributed by atoms with Crippen LogP contribution in [0.25, 0.3) is 0 Å². The van der Waals surface area contributed by atoms with Gasteiger partial charge in [0.2, 0.25) is 0 Å². The van der Waals surface area contributed by atoms with Crippen molar-refractivity contribution in [3.63, 3.8) is 0 Å². The highest BCUT2D eigenvalue weighted by Gasteiger charge is 2.12. The van der Waals surface area contributed by atoms with Crippen LogP contribution in [0.5, 0.6) is 0 Å². The molecule has 0 aromatic carbocycles. The number of hydrogen-bond acceptors (Lipinski definition) is 2. The Kier molecular flexibility index (Phi) is 3.79. The minimum absolute atomic E-state index is 0.255. The molecule has 0 fully saturated rings. The number of rotatable bonds is 3. The van der Waals surface area contributed by atoms with Crippen LogP contribution in [0.15, 0.2) is 22.0 Å². The summed E-state index contributed by atoms with van der Waals surface area (Å²) in [5.41, 5.74) is 1.05. The molecule has 3 heteroatoms. The molecule has 11 heavy (non-hydrogen) atoms. The Morgan fingerprint density at radius 2 is 2.09 bits per heavy atom. The molecule has 2 N–H and O–H groups in total. The molecule has 0 atom stereocenters. The van der Waals surface area contributed by atoms with Gasteiger partial charge in [0.05, 0.1) is 5.54 Å². The van der Waals surface area contributed by atoms with Gasteiger partial charge in [-0.15, -0.1) is 0 Å². The summed E-state index contributed by atoms with van der Waals surface area (Å²) in [5.74, 6) is 4.96. The van der Waals surface area contributed by atoms with Crippen LogP contribution in [0.3, 0.4) is 0 Å². The Bertz CT molecular complexity index is 168. The second-order valence-electron chi connectivity index (χ2n) is 3.21. The lowest BCUT2D eigenvalue weighted by atomic mass is 10.0. The average Bonchev–Trinajstić information content (AvgIpc) is 1.86. The first kappa shape index (κ1) is 10.1. The van der Waals surface area contributed by atoms with Crippen LogP contribution in [0.2, 0.25) is 0 Å². The van der Waals surface area contributed by atoms with Crippen LogP contribution < -0.4 is 5.84 Å². The maximum Gasteiger partial charge on any atom is 0.0963 e. The Balaban J connectivity index is 4.32. The zero-order chi connectivity index (χ0) is 8.91. The summed E-state index contributed by atoms with van der Waals surface area (Å²) < 4.78 is 0. The molecule has 0 unspecified atom stereocenters. The maximum absolute atomic E-state index is 4.96. The molecule has 0 aromatic rings. The minimum atomic E-state index is -0.255. The zero-order valence-electron chi connectivity index (χ0n) is 7.76. The highest BCUT2D eigenvalue weighted by Crippen LogP contribution is 2.14. The van der Waals surface area contributed by atoms with Gasteiger partial charge in [0.15, 0.2) is 0 Å². The van der Waals surface area contributed by atoms with Gasteiger partial charge in [-0.2, -0.15) is 5.11 Å². The van der Waals surface area contributed by atoms with Gasteiger partial charge in [-0.1, -0.05) is 23.8 Å². The predicted molar refractivity (Wildman–Crippen MR) is 47.2 cm³/mol. The first-order valence-electron chi connectivity index (χ1n) is 3.82. The Morgan fingerprint density at radius 1 is 1.55 bits per heavy atom. The largest absolute Gasteiger partial charge is 0.305 e. The van der Waals surface area contributed by atoms with Crippen molar-refractivity contribution in [3.05, 3.63) is 11.6 Å². The smallest absolute Gasteiger partial charge is 0.0963 e. The Morgan fingerprint density at radius 3 is 2.45 bits per heavy atom. The van der Waals surface area contributed by atoms with Gasteiger partial charge >= 0.3 is 0 Å².